The van der Waals surface area contributed by atoms with Crippen LogP contribution in [0.2, 0.25) is 0 Å². The second-order valence-corrected chi connectivity index (χ2v) is 4.11. The smallest absolute Gasteiger partial charge is 0.0248 e. The van der Waals surface area contributed by atoms with E-state index in [4.69, 9.17) is 0 Å². The maximum atomic E-state index is 3.50. The van der Waals surface area contributed by atoms with Gasteiger partial charge in [0.1, 0.15) is 0 Å². The Morgan fingerprint density at radius 1 is 1.56 bits per heavy atom. The summed E-state index contributed by atoms with van der Waals surface area (Å²) < 4.78 is 0. The zero-order valence-electron chi connectivity index (χ0n) is 6.18. The number of thioether (sulfide) groups is 1. The molecule has 0 aromatic heterocycles. The normalized spacial score (nSPS) is 20.3. The van der Waals surface area contributed by atoms with Crippen molar-refractivity contribution in [3.63, 3.8) is 0 Å². The molecule has 1 N–H and O–H groups in total. The van der Waals surface area contributed by atoms with Crippen LogP contribution in [-0.4, -0.2) is 24.1 Å². The minimum atomic E-state index is 0.801. The molecule has 1 rings (SSSR count). The van der Waals surface area contributed by atoms with Crippen LogP contribution in [0.1, 0.15) is 13.8 Å². The summed E-state index contributed by atoms with van der Waals surface area (Å²) in [4.78, 5) is 0. The summed E-state index contributed by atoms with van der Waals surface area (Å²) in [5.41, 5.74) is 0. The third-order valence-corrected chi connectivity index (χ3v) is 2.73. The number of hydrogen-bond acceptors (Lipinski definition) is 2. The Morgan fingerprint density at radius 2 is 2.22 bits per heavy atom. The highest BCUT2D eigenvalue weighted by atomic mass is 32.2. The van der Waals surface area contributed by atoms with E-state index in [1.54, 1.807) is 0 Å². The van der Waals surface area contributed by atoms with Gasteiger partial charge < -0.3 is 5.32 Å². The molecule has 2 heteroatoms. The second kappa shape index (κ2) is 3.47. The first-order valence-electron chi connectivity index (χ1n) is 3.60. The molecule has 1 nitrogen and oxygen atoms in total. The van der Waals surface area contributed by atoms with Crippen LogP contribution < -0.4 is 5.32 Å². The van der Waals surface area contributed by atoms with Crippen LogP contribution in [0, 0.1) is 5.92 Å². The summed E-state index contributed by atoms with van der Waals surface area (Å²) in [6.45, 7) is 5.68. The lowest BCUT2D eigenvalue weighted by molar-refractivity contribution is 0.502. The van der Waals surface area contributed by atoms with Crippen LogP contribution in [0.5, 0.6) is 0 Å². The molecule has 0 aromatic rings. The molecular weight excluding hydrogens is 130 g/mol. The fraction of sp³-hybridized carbons (Fsp3) is 1.00. The van der Waals surface area contributed by atoms with Crippen molar-refractivity contribution in [2.24, 2.45) is 5.92 Å². The van der Waals surface area contributed by atoms with Crippen molar-refractivity contribution < 1.29 is 0 Å². The number of hydrogen-bond donors (Lipinski definition) is 1. The van der Waals surface area contributed by atoms with Crippen molar-refractivity contribution in [3.05, 3.63) is 0 Å². The van der Waals surface area contributed by atoms with Crippen LogP contribution in [0.25, 0.3) is 0 Å². The molecule has 0 atom stereocenters. The van der Waals surface area contributed by atoms with Gasteiger partial charge in [-0.3, -0.25) is 0 Å². The van der Waals surface area contributed by atoms with Gasteiger partial charge in [0, 0.05) is 17.5 Å². The summed E-state index contributed by atoms with van der Waals surface area (Å²) in [6, 6.07) is 0.831. The first-order valence-corrected chi connectivity index (χ1v) is 4.75. The first kappa shape index (κ1) is 7.42. The second-order valence-electron chi connectivity index (χ2n) is 3.04. The molecule has 0 aliphatic carbocycles. The molecule has 54 valence electrons. The van der Waals surface area contributed by atoms with Crippen LogP contribution in [0.3, 0.4) is 0 Å². The minimum Gasteiger partial charge on any atom is -0.312 e. The SMILES string of the molecule is CC(C)CNC1CSC1. The van der Waals surface area contributed by atoms with Gasteiger partial charge in [-0.2, -0.15) is 11.8 Å². The summed E-state index contributed by atoms with van der Waals surface area (Å²) in [5.74, 6) is 3.45. The highest BCUT2D eigenvalue weighted by molar-refractivity contribution is 8.00. The monoisotopic (exact) mass is 145 g/mol. The highest BCUT2D eigenvalue weighted by Crippen LogP contribution is 2.17. The maximum absolute atomic E-state index is 3.50. The van der Waals surface area contributed by atoms with Crippen molar-refractivity contribution in [1.82, 2.24) is 5.32 Å². The Hall–Kier alpha value is 0.310. The molecular formula is C7H15NS. The summed E-state index contributed by atoms with van der Waals surface area (Å²) >= 11 is 2.03. The van der Waals surface area contributed by atoms with Crippen molar-refractivity contribution >= 4 is 11.8 Å². The van der Waals surface area contributed by atoms with Gasteiger partial charge in [-0.15, -0.1) is 0 Å². The Labute approximate surface area is 61.6 Å². The molecule has 0 spiro atoms. The molecule has 0 bridgehead atoms. The zero-order valence-corrected chi connectivity index (χ0v) is 7.00. The fourth-order valence-corrected chi connectivity index (χ4v) is 1.46. The molecule has 0 amide bonds. The Kier molecular flexibility index (Phi) is 2.86. The lowest BCUT2D eigenvalue weighted by atomic mass is 10.2. The van der Waals surface area contributed by atoms with E-state index < -0.39 is 0 Å². The Balaban J connectivity index is 1.91. The highest BCUT2D eigenvalue weighted by Gasteiger charge is 2.16. The van der Waals surface area contributed by atoms with Crippen molar-refractivity contribution in [1.29, 1.82) is 0 Å². The lowest BCUT2D eigenvalue weighted by Gasteiger charge is -2.26. The van der Waals surface area contributed by atoms with E-state index in [0.29, 0.717) is 0 Å². The van der Waals surface area contributed by atoms with E-state index in [1.807, 2.05) is 11.8 Å². The van der Waals surface area contributed by atoms with Crippen LogP contribution in [0.15, 0.2) is 0 Å². The standard InChI is InChI=1S/C7H15NS/c1-6(2)3-8-7-4-9-5-7/h6-8H,3-5H2,1-2H3. The van der Waals surface area contributed by atoms with Gasteiger partial charge in [0.05, 0.1) is 0 Å². The van der Waals surface area contributed by atoms with Gasteiger partial charge in [-0.05, 0) is 12.5 Å². The van der Waals surface area contributed by atoms with E-state index in [1.165, 1.54) is 18.1 Å². The van der Waals surface area contributed by atoms with E-state index >= 15 is 0 Å². The molecule has 1 aliphatic rings. The van der Waals surface area contributed by atoms with Crippen LogP contribution in [0.4, 0.5) is 0 Å². The molecule has 9 heavy (non-hydrogen) atoms. The first-order chi connectivity index (χ1) is 4.29. The molecule has 0 unspecified atom stereocenters. The minimum absolute atomic E-state index is 0.801. The average Bonchev–Trinajstić information content (AvgIpc) is 1.60. The maximum Gasteiger partial charge on any atom is 0.0248 e. The largest absolute Gasteiger partial charge is 0.312 e. The van der Waals surface area contributed by atoms with Crippen molar-refractivity contribution in [2.75, 3.05) is 18.1 Å². The van der Waals surface area contributed by atoms with Gasteiger partial charge in [-0.1, -0.05) is 13.8 Å². The molecule has 1 saturated heterocycles. The van der Waals surface area contributed by atoms with Gasteiger partial charge in [0.25, 0.3) is 0 Å². The van der Waals surface area contributed by atoms with E-state index in [2.05, 4.69) is 19.2 Å². The van der Waals surface area contributed by atoms with E-state index in [0.717, 1.165) is 12.0 Å². The summed E-state index contributed by atoms with van der Waals surface area (Å²) in [5, 5.41) is 3.50. The van der Waals surface area contributed by atoms with Crippen LogP contribution in [-0.2, 0) is 0 Å². The molecule has 0 saturated carbocycles. The third kappa shape index (κ3) is 2.59. The number of nitrogens with one attached hydrogen (secondary N) is 1. The summed E-state index contributed by atoms with van der Waals surface area (Å²) in [6.07, 6.45) is 0. The van der Waals surface area contributed by atoms with E-state index in [-0.39, 0.29) is 0 Å². The predicted molar refractivity (Wildman–Crippen MR) is 44.0 cm³/mol. The predicted octanol–water partition coefficient (Wildman–Crippen LogP) is 1.35. The number of rotatable bonds is 3. The van der Waals surface area contributed by atoms with Gasteiger partial charge in [0.2, 0.25) is 0 Å². The molecule has 1 aliphatic heterocycles. The summed E-state index contributed by atoms with van der Waals surface area (Å²) in [7, 11) is 0. The quantitative estimate of drug-likeness (QED) is 0.643. The fourth-order valence-electron chi connectivity index (χ4n) is 0.756. The Morgan fingerprint density at radius 3 is 2.56 bits per heavy atom. The van der Waals surface area contributed by atoms with Crippen LogP contribution >= 0.6 is 11.8 Å². The third-order valence-electron chi connectivity index (χ3n) is 1.45. The topological polar surface area (TPSA) is 12.0 Å². The van der Waals surface area contributed by atoms with E-state index in [9.17, 15) is 0 Å². The van der Waals surface area contributed by atoms with Gasteiger partial charge >= 0.3 is 0 Å². The van der Waals surface area contributed by atoms with Crippen molar-refractivity contribution in [2.45, 2.75) is 19.9 Å². The Bertz CT molecular complexity index is 79.0. The van der Waals surface area contributed by atoms with Crippen molar-refractivity contribution in [3.8, 4) is 0 Å². The molecule has 1 heterocycles. The van der Waals surface area contributed by atoms with Gasteiger partial charge in [0.15, 0.2) is 0 Å². The van der Waals surface area contributed by atoms with Gasteiger partial charge in [-0.25, -0.2) is 0 Å². The zero-order chi connectivity index (χ0) is 6.69. The average molecular weight is 145 g/mol. The molecule has 0 aromatic carbocycles. The molecule has 0 radical (unpaired) electrons. The lowest BCUT2D eigenvalue weighted by Crippen LogP contribution is -2.41. The molecule has 1 fully saturated rings.